The molecular weight excluding hydrogens is 451 g/mol. The van der Waals surface area contributed by atoms with Crippen molar-refractivity contribution in [2.24, 2.45) is 0 Å². The van der Waals surface area contributed by atoms with E-state index in [9.17, 15) is 4.79 Å². The first-order chi connectivity index (χ1) is 16.7. The molecule has 0 aliphatic carbocycles. The molecule has 0 N–H and O–H groups in total. The molecule has 0 amide bonds. The second-order valence-corrected chi connectivity index (χ2v) is 9.07. The number of carbonyl (C=O) groups is 1. The summed E-state index contributed by atoms with van der Waals surface area (Å²) in [5, 5.41) is 0. The van der Waals surface area contributed by atoms with Crippen LogP contribution in [-0.4, -0.2) is 31.9 Å². The minimum Gasteiger partial charge on any atom is -0.464 e. The summed E-state index contributed by atoms with van der Waals surface area (Å²) in [6.07, 6.45) is 5.24. The summed E-state index contributed by atoms with van der Waals surface area (Å²) in [6.45, 7) is 7.42. The summed E-state index contributed by atoms with van der Waals surface area (Å²) in [7, 11) is -1.59. The summed E-state index contributed by atoms with van der Waals surface area (Å²) in [5.74, 6) is 1.23. The maximum Gasteiger partial charge on any atom is 0.335 e. The second kappa shape index (κ2) is 17.5. The van der Waals surface area contributed by atoms with Crippen LogP contribution in [0.25, 0.3) is 0 Å². The molecule has 0 radical (unpaired) electrons. The summed E-state index contributed by atoms with van der Waals surface area (Å²) < 4.78 is 28.9. The summed E-state index contributed by atoms with van der Waals surface area (Å²) in [4.78, 5) is 12.6. The molecule has 1 atom stereocenters. The van der Waals surface area contributed by atoms with E-state index in [0.717, 1.165) is 55.6 Å². The molecule has 0 heterocycles. The topological polar surface area (TPSA) is 63.2 Å². The molecule has 0 aliphatic heterocycles. The highest BCUT2D eigenvalue weighted by atomic mass is 31.2. The van der Waals surface area contributed by atoms with Gasteiger partial charge in [-0.15, -0.1) is 0 Å². The number of aryl methyl sites for hydroxylation is 1. The van der Waals surface area contributed by atoms with Crippen molar-refractivity contribution in [3.63, 3.8) is 0 Å². The minimum absolute atomic E-state index is 0.308. The average Bonchev–Trinajstić information content (AvgIpc) is 2.84. The Bertz CT molecular complexity index is 791. The second-order valence-electron chi connectivity index (χ2n) is 7.90. The largest absolute Gasteiger partial charge is 0.464 e. The molecule has 2 aromatic rings. The predicted octanol–water partition coefficient (Wildman–Crippen LogP) is 7.61. The zero-order valence-corrected chi connectivity index (χ0v) is 21.6. The Morgan fingerprint density at radius 1 is 0.853 bits per heavy atom. The predicted molar refractivity (Wildman–Crippen MR) is 136 cm³/mol. The van der Waals surface area contributed by atoms with Gasteiger partial charge in [-0.3, -0.25) is 4.52 Å². The van der Waals surface area contributed by atoms with Gasteiger partial charge in [0.05, 0.1) is 19.8 Å². The van der Waals surface area contributed by atoms with Gasteiger partial charge in [-0.1, -0.05) is 57.0 Å². The molecular formula is C27H39O6P. The number of rotatable bonds is 18. The molecule has 0 fully saturated rings. The van der Waals surface area contributed by atoms with Crippen molar-refractivity contribution in [1.82, 2.24) is 0 Å². The fourth-order valence-corrected chi connectivity index (χ4v) is 4.25. The van der Waals surface area contributed by atoms with Crippen LogP contribution in [-0.2, 0) is 29.5 Å². The van der Waals surface area contributed by atoms with E-state index >= 15 is 0 Å². The van der Waals surface area contributed by atoms with Crippen LogP contribution < -0.4 is 4.74 Å². The third kappa shape index (κ3) is 11.4. The average molecular weight is 491 g/mol. The first-order valence-electron chi connectivity index (χ1n) is 12.4. The van der Waals surface area contributed by atoms with Crippen molar-refractivity contribution in [3.8, 4) is 11.5 Å². The molecule has 6 nitrogen and oxygen atoms in total. The van der Waals surface area contributed by atoms with Crippen molar-refractivity contribution in [3.05, 3.63) is 60.2 Å². The number of carbonyl (C=O) groups excluding carboxylic acids is 1. The van der Waals surface area contributed by atoms with Crippen molar-refractivity contribution < 1.29 is 27.8 Å². The fourth-order valence-electron chi connectivity index (χ4n) is 3.10. The van der Waals surface area contributed by atoms with Gasteiger partial charge < -0.3 is 18.5 Å². The molecule has 0 bridgehead atoms. The molecule has 0 saturated heterocycles. The standard InChI is InChI=1S/C27H39O6P/c1-4-7-20-30-34(31-21-8-5-2)33-26(27(28)29-6-3)19-13-15-23-14-12-18-25(22-23)32-24-16-10-9-11-17-24/h9-12,14,16-18,22,26H,4-8,13,15,19-21H2,1-3H3. The first-order valence-corrected chi connectivity index (χ1v) is 13.5. The Morgan fingerprint density at radius 2 is 1.53 bits per heavy atom. The van der Waals surface area contributed by atoms with Gasteiger partial charge in [0, 0.05) is 0 Å². The van der Waals surface area contributed by atoms with Crippen LogP contribution in [0.5, 0.6) is 11.5 Å². The number of esters is 1. The van der Waals surface area contributed by atoms with E-state index in [4.69, 9.17) is 23.0 Å². The van der Waals surface area contributed by atoms with Crippen LogP contribution in [0.15, 0.2) is 54.6 Å². The van der Waals surface area contributed by atoms with Crippen molar-refractivity contribution in [2.75, 3.05) is 19.8 Å². The Balaban J connectivity index is 1.94. The lowest BCUT2D eigenvalue weighted by molar-refractivity contribution is -0.152. The van der Waals surface area contributed by atoms with Gasteiger partial charge in [-0.2, -0.15) is 0 Å². The van der Waals surface area contributed by atoms with E-state index < -0.39 is 14.7 Å². The van der Waals surface area contributed by atoms with Crippen LogP contribution in [0, 0.1) is 0 Å². The van der Waals surface area contributed by atoms with Crippen molar-refractivity contribution in [1.29, 1.82) is 0 Å². The third-order valence-electron chi connectivity index (χ3n) is 4.96. The van der Waals surface area contributed by atoms with Crippen LogP contribution in [0.2, 0.25) is 0 Å². The lowest BCUT2D eigenvalue weighted by Crippen LogP contribution is -2.26. The third-order valence-corrected chi connectivity index (χ3v) is 6.17. The van der Waals surface area contributed by atoms with E-state index in [1.54, 1.807) is 6.92 Å². The van der Waals surface area contributed by atoms with Gasteiger partial charge in [0.1, 0.15) is 11.5 Å². The monoisotopic (exact) mass is 490 g/mol. The van der Waals surface area contributed by atoms with E-state index in [-0.39, 0.29) is 5.97 Å². The number of benzene rings is 2. The number of hydrogen-bond donors (Lipinski definition) is 0. The SMILES string of the molecule is CCCCOP(OCCCC)OC(CCCc1cccc(Oc2ccccc2)c1)C(=O)OCC. The molecule has 7 heteroatoms. The fraction of sp³-hybridized carbons (Fsp3) is 0.519. The Labute approximate surface area is 205 Å². The Hall–Kier alpha value is -1.98. The van der Waals surface area contributed by atoms with E-state index in [2.05, 4.69) is 19.9 Å². The molecule has 2 aromatic carbocycles. The molecule has 0 aromatic heterocycles. The van der Waals surface area contributed by atoms with Gasteiger partial charge >= 0.3 is 14.6 Å². The quantitative estimate of drug-likeness (QED) is 0.122. The van der Waals surface area contributed by atoms with E-state index in [1.165, 1.54) is 0 Å². The highest BCUT2D eigenvalue weighted by molar-refractivity contribution is 7.41. The van der Waals surface area contributed by atoms with Crippen LogP contribution in [0.1, 0.15) is 64.9 Å². The normalized spacial score (nSPS) is 12.0. The zero-order chi connectivity index (χ0) is 24.4. The molecule has 0 spiro atoms. The summed E-state index contributed by atoms with van der Waals surface area (Å²) in [6, 6.07) is 17.7. The highest BCUT2D eigenvalue weighted by Gasteiger charge is 2.27. The van der Waals surface area contributed by atoms with E-state index in [0.29, 0.717) is 26.2 Å². The number of para-hydroxylation sites is 1. The Kier molecular flexibility index (Phi) is 14.5. The molecule has 0 saturated carbocycles. The van der Waals surface area contributed by atoms with Gasteiger partial charge in [-0.25, -0.2) is 4.79 Å². The first kappa shape index (κ1) is 28.3. The maximum absolute atomic E-state index is 12.6. The molecule has 188 valence electrons. The maximum atomic E-state index is 12.6. The highest BCUT2D eigenvalue weighted by Crippen LogP contribution is 2.42. The number of ether oxygens (including phenoxy) is 2. The molecule has 0 aliphatic rings. The van der Waals surface area contributed by atoms with Crippen molar-refractivity contribution >= 4 is 14.6 Å². The van der Waals surface area contributed by atoms with Gasteiger partial charge in [0.15, 0.2) is 6.10 Å². The molecule has 34 heavy (non-hydrogen) atoms. The lowest BCUT2D eigenvalue weighted by Gasteiger charge is -2.22. The number of hydrogen-bond acceptors (Lipinski definition) is 6. The Morgan fingerprint density at radius 3 is 2.18 bits per heavy atom. The van der Waals surface area contributed by atoms with Gasteiger partial charge in [-0.05, 0) is 68.9 Å². The number of unbranched alkanes of at least 4 members (excludes halogenated alkanes) is 2. The summed E-state index contributed by atoms with van der Waals surface area (Å²) in [5.41, 5.74) is 1.14. The van der Waals surface area contributed by atoms with Gasteiger partial charge in [0.25, 0.3) is 0 Å². The zero-order valence-electron chi connectivity index (χ0n) is 20.7. The van der Waals surface area contributed by atoms with Gasteiger partial charge in [0.2, 0.25) is 0 Å². The van der Waals surface area contributed by atoms with Crippen LogP contribution in [0.3, 0.4) is 0 Å². The lowest BCUT2D eigenvalue weighted by atomic mass is 10.1. The van der Waals surface area contributed by atoms with Crippen LogP contribution in [0.4, 0.5) is 0 Å². The molecule has 1 unspecified atom stereocenters. The van der Waals surface area contributed by atoms with Crippen molar-refractivity contribution in [2.45, 2.75) is 71.8 Å². The van der Waals surface area contributed by atoms with E-state index in [1.807, 2.05) is 48.5 Å². The smallest absolute Gasteiger partial charge is 0.335 e. The molecule has 2 rings (SSSR count). The van der Waals surface area contributed by atoms with Crippen LogP contribution >= 0.6 is 8.60 Å². The summed E-state index contributed by atoms with van der Waals surface area (Å²) >= 11 is 0. The minimum atomic E-state index is -1.59.